The molecule has 1 aromatic carbocycles. The molecule has 0 unspecified atom stereocenters. The average molecular weight is 383 g/mol. The number of para-hydroxylation sites is 1. The summed E-state index contributed by atoms with van der Waals surface area (Å²) in [4.78, 5) is 42.3. The van der Waals surface area contributed by atoms with E-state index in [0.29, 0.717) is 28.0 Å². The van der Waals surface area contributed by atoms with Crippen molar-refractivity contribution in [3.63, 3.8) is 0 Å². The number of fused-ring (bicyclic) bond motifs is 1. The van der Waals surface area contributed by atoms with Gasteiger partial charge in [0.15, 0.2) is 0 Å². The zero-order chi connectivity index (χ0) is 20.3. The van der Waals surface area contributed by atoms with Crippen LogP contribution in [0.1, 0.15) is 28.3 Å². The first-order chi connectivity index (χ1) is 13.4. The van der Waals surface area contributed by atoms with E-state index in [9.17, 15) is 14.4 Å². The molecular formula is C20H21N3O5. The molecule has 3 rings (SSSR count). The van der Waals surface area contributed by atoms with Gasteiger partial charge >= 0.3 is 5.97 Å². The zero-order valence-electron chi connectivity index (χ0n) is 16.0. The molecule has 0 atom stereocenters. The first-order valence-electron chi connectivity index (χ1n) is 8.76. The molecule has 2 aromatic heterocycles. The van der Waals surface area contributed by atoms with Gasteiger partial charge in [0, 0.05) is 20.0 Å². The molecule has 8 nitrogen and oxygen atoms in total. The summed E-state index contributed by atoms with van der Waals surface area (Å²) in [5.74, 6) is 0.285. The van der Waals surface area contributed by atoms with Crippen LogP contribution in [0.3, 0.4) is 0 Å². The Labute approximate surface area is 161 Å². The van der Waals surface area contributed by atoms with Crippen LogP contribution >= 0.6 is 0 Å². The molecule has 8 heteroatoms. The molecule has 0 aliphatic rings. The molecule has 0 bridgehead atoms. The molecular weight excluding hydrogens is 362 g/mol. The highest BCUT2D eigenvalue weighted by Gasteiger charge is 2.18. The normalized spacial score (nSPS) is 10.8. The molecule has 0 spiro atoms. The van der Waals surface area contributed by atoms with Crippen molar-refractivity contribution in [2.24, 2.45) is 0 Å². The second-order valence-corrected chi connectivity index (χ2v) is 6.43. The van der Waals surface area contributed by atoms with Gasteiger partial charge in [-0.1, -0.05) is 12.1 Å². The fraction of sp³-hybridized carbons (Fsp3) is 0.300. The topological polar surface area (TPSA) is 94.6 Å². The largest absolute Gasteiger partial charge is 0.465 e. The number of carbonyl (C=O) groups is 2. The molecule has 0 saturated carbocycles. The van der Waals surface area contributed by atoms with E-state index in [1.54, 1.807) is 38.2 Å². The van der Waals surface area contributed by atoms with Gasteiger partial charge in [0.25, 0.3) is 5.56 Å². The quantitative estimate of drug-likeness (QED) is 0.605. The summed E-state index contributed by atoms with van der Waals surface area (Å²) in [6, 6.07) is 8.66. The lowest BCUT2D eigenvalue weighted by Crippen LogP contribution is -2.29. The van der Waals surface area contributed by atoms with Gasteiger partial charge < -0.3 is 14.1 Å². The molecule has 0 N–H and O–H groups in total. The van der Waals surface area contributed by atoms with Gasteiger partial charge in [-0.05, 0) is 25.1 Å². The number of methoxy groups -OCH3 is 1. The first-order valence-corrected chi connectivity index (χ1v) is 8.76. The number of carbonyl (C=O) groups excluding carboxylic acids is 2. The van der Waals surface area contributed by atoms with Crippen molar-refractivity contribution >= 4 is 22.8 Å². The Balaban J connectivity index is 1.64. The third kappa shape index (κ3) is 3.95. The van der Waals surface area contributed by atoms with Crippen LogP contribution in [-0.2, 0) is 22.6 Å². The summed E-state index contributed by atoms with van der Waals surface area (Å²) < 4.78 is 11.7. The van der Waals surface area contributed by atoms with Gasteiger partial charge in [0.2, 0.25) is 5.91 Å². The van der Waals surface area contributed by atoms with Crippen LogP contribution in [0.4, 0.5) is 0 Å². The Hall–Kier alpha value is -3.42. The second-order valence-electron chi connectivity index (χ2n) is 6.43. The van der Waals surface area contributed by atoms with Crippen LogP contribution < -0.4 is 5.56 Å². The van der Waals surface area contributed by atoms with E-state index in [4.69, 9.17) is 9.15 Å². The number of aryl methyl sites for hydroxylation is 2. The van der Waals surface area contributed by atoms with E-state index in [1.165, 1.54) is 22.9 Å². The number of nitrogens with zero attached hydrogens (tertiary/aromatic N) is 3. The van der Waals surface area contributed by atoms with Crippen molar-refractivity contribution in [3.05, 3.63) is 64.1 Å². The summed E-state index contributed by atoms with van der Waals surface area (Å²) in [7, 11) is 2.94. The molecule has 28 heavy (non-hydrogen) atoms. The predicted molar refractivity (Wildman–Crippen MR) is 102 cm³/mol. The van der Waals surface area contributed by atoms with Crippen LogP contribution in [0.15, 0.2) is 45.9 Å². The number of hydrogen-bond donors (Lipinski definition) is 0. The highest BCUT2D eigenvalue weighted by Crippen LogP contribution is 2.17. The third-order valence-corrected chi connectivity index (χ3v) is 4.49. The molecule has 0 aliphatic heterocycles. The van der Waals surface area contributed by atoms with Gasteiger partial charge in [-0.15, -0.1) is 0 Å². The summed E-state index contributed by atoms with van der Waals surface area (Å²) in [6.45, 7) is 2.10. The van der Waals surface area contributed by atoms with Gasteiger partial charge in [-0.2, -0.15) is 0 Å². The molecule has 2 heterocycles. The Morgan fingerprint density at radius 1 is 1.29 bits per heavy atom. The van der Waals surface area contributed by atoms with Crippen molar-refractivity contribution in [2.45, 2.75) is 26.4 Å². The number of benzene rings is 1. The number of esters is 1. The molecule has 0 saturated heterocycles. The Kier molecular flexibility index (Phi) is 5.58. The van der Waals surface area contributed by atoms with Gasteiger partial charge in [0.1, 0.15) is 17.1 Å². The Morgan fingerprint density at radius 2 is 2.04 bits per heavy atom. The predicted octanol–water partition coefficient (Wildman–Crippen LogP) is 2.13. The Bertz CT molecular complexity index is 1080. The van der Waals surface area contributed by atoms with E-state index in [0.717, 1.165) is 0 Å². The maximum Gasteiger partial charge on any atom is 0.341 e. The minimum Gasteiger partial charge on any atom is -0.465 e. The van der Waals surface area contributed by atoms with Crippen LogP contribution in [0.2, 0.25) is 0 Å². The maximum atomic E-state index is 12.5. The highest BCUT2D eigenvalue weighted by molar-refractivity contribution is 5.90. The van der Waals surface area contributed by atoms with E-state index in [2.05, 4.69) is 4.98 Å². The van der Waals surface area contributed by atoms with Crippen molar-refractivity contribution in [2.75, 3.05) is 14.2 Å². The number of ether oxygens (including phenoxy) is 1. The molecule has 146 valence electrons. The molecule has 0 radical (unpaired) electrons. The van der Waals surface area contributed by atoms with Crippen molar-refractivity contribution in [1.29, 1.82) is 0 Å². The number of rotatable bonds is 6. The SMILES string of the molecule is COC(=O)c1cc(CN(C)C(=O)CCn2cnc3ccccc3c2=O)oc1C. The van der Waals surface area contributed by atoms with E-state index in [-0.39, 0.29) is 31.0 Å². The zero-order valence-corrected chi connectivity index (χ0v) is 16.0. The highest BCUT2D eigenvalue weighted by atomic mass is 16.5. The van der Waals surface area contributed by atoms with Crippen LogP contribution in [0, 0.1) is 6.92 Å². The van der Waals surface area contributed by atoms with Crippen molar-refractivity contribution < 1.29 is 18.7 Å². The minimum absolute atomic E-state index is 0.139. The second kappa shape index (κ2) is 8.08. The smallest absolute Gasteiger partial charge is 0.341 e. The summed E-state index contributed by atoms with van der Waals surface area (Å²) >= 11 is 0. The molecule has 0 fully saturated rings. The number of aromatic nitrogens is 2. The number of furan rings is 1. The minimum atomic E-state index is -0.482. The van der Waals surface area contributed by atoms with E-state index in [1.807, 2.05) is 6.07 Å². The summed E-state index contributed by atoms with van der Waals surface area (Å²) in [6.07, 6.45) is 1.59. The summed E-state index contributed by atoms with van der Waals surface area (Å²) in [5.41, 5.74) is 0.791. The van der Waals surface area contributed by atoms with Crippen LogP contribution in [0.25, 0.3) is 10.9 Å². The lowest BCUT2D eigenvalue weighted by Gasteiger charge is -2.16. The van der Waals surface area contributed by atoms with Gasteiger partial charge in [-0.25, -0.2) is 9.78 Å². The first kappa shape index (κ1) is 19.3. The van der Waals surface area contributed by atoms with Gasteiger partial charge in [-0.3, -0.25) is 14.2 Å². The van der Waals surface area contributed by atoms with E-state index < -0.39 is 5.97 Å². The summed E-state index contributed by atoms with van der Waals surface area (Å²) in [5, 5.41) is 0.521. The fourth-order valence-corrected chi connectivity index (χ4v) is 2.93. The number of amides is 1. The monoisotopic (exact) mass is 383 g/mol. The fourth-order valence-electron chi connectivity index (χ4n) is 2.93. The van der Waals surface area contributed by atoms with Crippen molar-refractivity contribution in [3.8, 4) is 0 Å². The van der Waals surface area contributed by atoms with E-state index >= 15 is 0 Å². The Morgan fingerprint density at radius 3 is 2.79 bits per heavy atom. The van der Waals surface area contributed by atoms with Crippen LogP contribution in [0.5, 0.6) is 0 Å². The van der Waals surface area contributed by atoms with Crippen molar-refractivity contribution in [1.82, 2.24) is 14.5 Å². The maximum absolute atomic E-state index is 12.5. The van der Waals surface area contributed by atoms with Gasteiger partial charge in [0.05, 0.1) is 30.9 Å². The van der Waals surface area contributed by atoms with Crippen LogP contribution in [-0.4, -0.2) is 40.5 Å². The average Bonchev–Trinajstić information content (AvgIpc) is 3.06. The molecule has 0 aliphatic carbocycles. The third-order valence-electron chi connectivity index (χ3n) is 4.49. The number of hydrogen-bond acceptors (Lipinski definition) is 6. The lowest BCUT2D eigenvalue weighted by molar-refractivity contribution is -0.130. The lowest BCUT2D eigenvalue weighted by atomic mass is 10.2. The molecule has 3 aromatic rings. The molecule has 1 amide bonds. The standard InChI is InChI=1S/C20H21N3O5/c1-13-16(20(26)27-3)10-14(28-13)11-22(2)18(24)8-9-23-12-21-17-7-5-4-6-15(17)19(23)25/h4-7,10,12H,8-9,11H2,1-3H3.